The molecule has 0 bridgehead atoms. The van der Waals surface area contributed by atoms with Crippen LogP contribution in [0, 0.1) is 5.92 Å². The van der Waals surface area contributed by atoms with Crippen LogP contribution in [0.2, 0.25) is 0 Å². The zero-order chi connectivity index (χ0) is 20.4. The molecular formula is C24H24N2O3. The number of aryl methyl sites for hydroxylation is 1. The van der Waals surface area contributed by atoms with E-state index in [9.17, 15) is 14.4 Å². The molecule has 5 heteroatoms. The third-order valence-corrected chi connectivity index (χ3v) is 5.75. The Morgan fingerprint density at radius 1 is 1.00 bits per heavy atom. The van der Waals surface area contributed by atoms with Crippen molar-refractivity contribution in [2.24, 2.45) is 5.92 Å². The Balaban J connectivity index is 1.58. The third kappa shape index (κ3) is 3.99. The minimum atomic E-state index is -0.742. The summed E-state index contributed by atoms with van der Waals surface area (Å²) >= 11 is 0. The zero-order valence-electron chi connectivity index (χ0n) is 16.4. The summed E-state index contributed by atoms with van der Waals surface area (Å²) in [6.45, 7) is 2.07. The fourth-order valence-corrected chi connectivity index (χ4v) is 4.20. The number of amides is 2. The van der Waals surface area contributed by atoms with E-state index >= 15 is 0 Å². The van der Waals surface area contributed by atoms with Crippen LogP contribution in [0.5, 0.6) is 0 Å². The Labute approximate surface area is 170 Å². The molecule has 2 atom stereocenters. The first-order valence-corrected chi connectivity index (χ1v) is 10.1. The molecule has 4 rings (SSSR count). The van der Waals surface area contributed by atoms with E-state index in [-0.39, 0.29) is 29.9 Å². The van der Waals surface area contributed by atoms with Crippen molar-refractivity contribution in [1.29, 1.82) is 0 Å². The lowest BCUT2D eigenvalue weighted by molar-refractivity contribution is -0.129. The molecule has 2 aliphatic rings. The molecule has 148 valence electrons. The maximum Gasteiger partial charge on any atom is 0.232 e. The van der Waals surface area contributed by atoms with Crippen molar-refractivity contribution in [3.05, 3.63) is 77.0 Å². The van der Waals surface area contributed by atoms with Crippen LogP contribution in [-0.4, -0.2) is 17.6 Å². The third-order valence-electron chi connectivity index (χ3n) is 5.75. The van der Waals surface area contributed by atoms with Crippen molar-refractivity contribution in [1.82, 2.24) is 5.32 Å². The molecule has 0 saturated carbocycles. The number of hydrogen-bond donors (Lipinski definition) is 2. The summed E-state index contributed by atoms with van der Waals surface area (Å²) in [6.07, 6.45) is 1.84. The van der Waals surface area contributed by atoms with Gasteiger partial charge in [-0.05, 0) is 42.0 Å². The average Bonchev–Trinajstić information content (AvgIpc) is 2.74. The van der Waals surface area contributed by atoms with E-state index in [2.05, 4.69) is 17.6 Å². The highest BCUT2D eigenvalue weighted by Gasteiger charge is 2.40. The monoisotopic (exact) mass is 388 g/mol. The molecule has 0 aromatic heterocycles. The van der Waals surface area contributed by atoms with Gasteiger partial charge in [-0.1, -0.05) is 49.4 Å². The van der Waals surface area contributed by atoms with Crippen molar-refractivity contribution < 1.29 is 14.4 Å². The molecule has 0 fully saturated rings. The number of ketones is 1. The first-order chi connectivity index (χ1) is 14.0. The van der Waals surface area contributed by atoms with Crippen LogP contribution in [0.15, 0.2) is 65.9 Å². The fourth-order valence-electron chi connectivity index (χ4n) is 4.20. The van der Waals surface area contributed by atoms with Gasteiger partial charge in [0.25, 0.3) is 0 Å². The number of anilines is 1. The number of benzene rings is 2. The Bertz CT molecular complexity index is 977. The minimum Gasteiger partial charge on any atom is -0.329 e. The molecule has 5 nitrogen and oxygen atoms in total. The van der Waals surface area contributed by atoms with Gasteiger partial charge in [0, 0.05) is 29.8 Å². The number of hydrogen-bond acceptors (Lipinski definition) is 3. The van der Waals surface area contributed by atoms with Crippen molar-refractivity contribution in [3.63, 3.8) is 0 Å². The first kappa shape index (κ1) is 19.1. The Kier molecular flexibility index (Phi) is 5.30. The maximum absolute atomic E-state index is 13.0. The van der Waals surface area contributed by atoms with Gasteiger partial charge >= 0.3 is 0 Å². The summed E-state index contributed by atoms with van der Waals surface area (Å²) < 4.78 is 0. The number of nitrogens with one attached hydrogen (secondary N) is 2. The van der Waals surface area contributed by atoms with Gasteiger partial charge in [-0.3, -0.25) is 14.4 Å². The molecular weight excluding hydrogens is 364 g/mol. The van der Waals surface area contributed by atoms with E-state index in [1.807, 2.05) is 54.6 Å². The van der Waals surface area contributed by atoms with Crippen LogP contribution in [0.4, 0.5) is 5.69 Å². The molecule has 2 unspecified atom stereocenters. The summed E-state index contributed by atoms with van der Waals surface area (Å²) in [6, 6.07) is 17.5. The van der Waals surface area contributed by atoms with E-state index in [1.54, 1.807) is 0 Å². The average molecular weight is 388 g/mol. The Morgan fingerprint density at radius 3 is 2.41 bits per heavy atom. The molecule has 1 heterocycles. The highest BCUT2D eigenvalue weighted by molar-refractivity contribution is 6.09. The normalized spacial score (nSPS) is 21.4. The first-order valence-electron chi connectivity index (χ1n) is 10.1. The molecule has 0 radical (unpaired) electrons. The van der Waals surface area contributed by atoms with Gasteiger partial charge in [0.05, 0.1) is 5.92 Å². The van der Waals surface area contributed by atoms with E-state index in [4.69, 9.17) is 0 Å². The van der Waals surface area contributed by atoms with E-state index in [0.717, 1.165) is 12.0 Å². The summed E-state index contributed by atoms with van der Waals surface area (Å²) in [7, 11) is 0. The number of carbonyl (C=O) groups excluding carboxylic acids is 3. The quantitative estimate of drug-likeness (QED) is 0.838. The van der Waals surface area contributed by atoms with Crippen LogP contribution >= 0.6 is 0 Å². The van der Waals surface area contributed by atoms with E-state index in [0.29, 0.717) is 29.8 Å². The lowest BCUT2D eigenvalue weighted by Gasteiger charge is -2.33. The molecule has 1 aliphatic heterocycles. The van der Waals surface area contributed by atoms with Crippen LogP contribution < -0.4 is 10.6 Å². The van der Waals surface area contributed by atoms with E-state index in [1.165, 1.54) is 5.56 Å². The van der Waals surface area contributed by atoms with Gasteiger partial charge in [0.15, 0.2) is 5.78 Å². The largest absolute Gasteiger partial charge is 0.329 e. The topological polar surface area (TPSA) is 75.3 Å². The van der Waals surface area contributed by atoms with Crippen molar-refractivity contribution >= 4 is 23.3 Å². The minimum absolute atomic E-state index is 0.000542. The standard InChI is InChI=1S/C24H24N2O3/c1-2-15-8-10-18(11-9-15)25-24(29)19-14-22(28)26-20-12-17(13-21(27)23(19)20)16-6-4-3-5-7-16/h3-11,17,19H,2,12-14H2,1H3,(H,25,29)(H,26,28). The second kappa shape index (κ2) is 8.03. The Hall–Kier alpha value is -3.21. The summed E-state index contributed by atoms with van der Waals surface area (Å²) in [4.78, 5) is 38.2. The summed E-state index contributed by atoms with van der Waals surface area (Å²) in [5.41, 5.74) is 4.00. The highest BCUT2D eigenvalue weighted by atomic mass is 16.2. The van der Waals surface area contributed by atoms with Crippen LogP contribution in [0.25, 0.3) is 0 Å². The van der Waals surface area contributed by atoms with Crippen LogP contribution in [0.1, 0.15) is 43.2 Å². The molecule has 1 aliphatic carbocycles. The van der Waals surface area contributed by atoms with Crippen molar-refractivity contribution in [2.45, 2.75) is 38.5 Å². The number of Topliss-reactive ketones (excluding diaryl/α,β-unsaturated/α-hetero) is 1. The zero-order valence-corrected chi connectivity index (χ0v) is 16.4. The van der Waals surface area contributed by atoms with Crippen LogP contribution in [-0.2, 0) is 20.8 Å². The summed E-state index contributed by atoms with van der Waals surface area (Å²) in [5, 5.41) is 5.73. The smallest absolute Gasteiger partial charge is 0.232 e. The van der Waals surface area contributed by atoms with Crippen molar-refractivity contribution in [3.8, 4) is 0 Å². The Morgan fingerprint density at radius 2 is 1.72 bits per heavy atom. The lowest BCUT2D eigenvalue weighted by Crippen LogP contribution is -2.43. The summed E-state index contributed by atoms with van der Waals surface area (Å²) in [5.74, 6) is -1.29. The molecule has 2 N–H and O–H groups in total. The SMILES string of the molecule is CCc1ccc(NC(=O)C2CC(=O)NC3=C2C(=O)CC(c2ccccc2)C3)cc1. The molecule has 2 amide bonds. The molecule has 0 saturated heterocycles. The van der Waals surface area contributed by atoms with Gasteiger partial charge in [-0.25, -0.2) is 0 Å². The molecule has 0 spiro atoms. The molecule has 2 aromatic rings. The highest BCUT2D eigenvalue weighted by Crippen LogP contribution is 2.39. The number of carbonyl (C=O) groups is 3. The van der Waals surface area contributed by atoms with E-state index < -0.39 is 5.92 Å². The number of rotatable bonds is 4. The van der Waals surface area contributed by atoms with Gasteiger partial charge in [0.2, 0.25) is 11.8 Å². The van der Waals surface area contributed by atoms with Gasteiger partial charge < -0.3 is 10.6 Å². The molecule has 29 heavy (non-hydrogen) atoms. The second-order valence-electron chi connectivity index (χ2n) is 7.68. The number of allylic oxidation sites excluding steroid dienone is 1. The van der Waals surface area contributed by atoms with Gasteiger partial charge in [-0.2, -0.15) is 0 Å². The van der Waals surface area contributed by atoms with Gasteiger partial charge in [0.1, 0.15) is 0 Å². The van der Waals surface area contributed by atoms with Crippen LogP contribution in [0.3, 0.4) is 0 Å². The predicted octanol–water partition coefficient (Wildman–Crippen LogP) is 3.72. The maximum atomic E-state index is 13.0. The second-order valence-corrected chi connectivity index (χ2v) is 7.68. The predicted molar refractivity (Wildman–Crippen MR) is 111 cm³/mol. The van der Waals surface area contributed by atoms with Gasteiger partial charge in [-0.15, -0.1) is 0 Å². The van der Waals surface area contributed by atoms with Crippen molar-refractivity contribution in [2.75, 3.05) is 5.32 Å². The fraction of sp³-hybridized carbons (Fsp3) is 0.292. The lowest BCUT2D eigenvalue weighted by atomic mass is 9.75. The molecule has 2 aromatic carbocycles.